The Hall–Kier alpha value is -1.91. The van der Waals surface area contributed by atoms with Crippen molar-refractivity contribution in [2.75, 3.05) is 0 Å². The third-order valence-corrected chi connectivity index (χ3v) is 9.53. The van der Waals surface area contributed by atoms with E-state index >= 15 is 0 Å². The summed E-state index contributed by atoms with van der Waals surface area (Å²) in [6.45, 7) is 5.85. The van der Waals surface area contributed by atoms with Crippen LogP contribution >= 0.6 is 0 Å². The standard InChI is InChI=1S/C20H26O3Si/c1-16(19(21)22)14-15-20(2,3)24(23,17-10-6-4-7-11-17)18-12-8-5-9-13-18/h4-13,16,23H,14-15H2,1-3H3,(H,21,22)/t16-/m1/s1. The lowest BCUT2D eigenvalue weighted by Gasteiger charge is -2.41. The van der Waals surface area contributed by atoms with Gasteiger partial charge in [-0.15, -0.1) is 0 Å². The molecular formula is C20H26O3Si. The van der Waals surface area contributed by atoms with Crippen molar-refractivity contribution in [3.8, 4) is 0 Å². The van der Waals surface area contributed by atoms with Crippen molar-refractivity contribution < 1.29 is 14.7 Å². The molecule has 0 radical (unpaired) electrons. The molecule has 0 aliphatic heterocycles. The molecule has 2 N–H and O–H groups in total. The van der Waals surface area contributed by atoms with Crippen molar-refractivity contribution >= 4 is 24.7 Å². The minimum absolute atomic E-state index is 0.389. The van der Waals surface area contributed by atoms with Crippen LogP contribution in [0.1, 0.15) is 33.6 Å². The first kappa shape index (κ1) is 18.4. The Morgan fingerprint density at radius 1 is 1.00 bits per heavy atom. The number of hydrogen-bond donors (Lipinski definition) is 2. The van der Waals surface area contributed by atoms with Gasteiger partial charge < -0.3 is 9.90 Å². The lowest BCUT2D eigenvalue weighted by atomic mass is 9.99. The lowest BCUT2D eigenvalue weighted by Crippen LogP contribution is -2.65. The summed E-state index contributed by atoms with van der Waals surface area (Å²) in [6.07, 6.45) is 1.21. The average Bonchev–Trinajstić information content (AvgIpc) is 2.60. The first-order chi connectivity index (χ1) is 11.3. The summed E-state index contributed by atoms with van der Waals surface area (Å²) in [5.74, 6) is -1.19. The van der Waals surface area contributed by atoms with Gasteiger partial charge in [-0.2, -0.15) is 0 Å². The highest BCUT2D eigenvalue weighted by molar-refractivity contribution is 6.98. The maximum Gasteiger partial charge on any atom is 0.306 e. The van der Waals surface area contributed by atoms with Crippen molar-refractivity contribution in [2.24, 2.45) is 5.92 Å². The van der Waals surface area contributed by atoms with E-state index in [-0.39, 0.29) is 5.04 Å². The Labute approximate surface area is 145 Å². The molecule has 0 aromatic heterocycles. The summed E-state index contributed by atoms with van der Waals surface area (Å²) >= 11 is 0. The topological polar surface area (TPSA) is 57.5 Å². The van der Waals surface area contributed by atoms with E-state index < -0.39 is 20.2 Å². The van der Waals surface area contributed by atoms with Gasteiger partial charge in [0.25, 0.3) is 8.32 Å². The summed E-state index contributed by atoms with van der Waals surface area (Å²) in [5, 5.41) is 10.7. The van der Waals surface area contributed by atoms with Crippen LogP contribution in [-0.4, -0.2) is 24.2 Å². The predicted molar refractivity (Wildman–Crippen MR) is 100 cm³/mol. The molecule has 0 amide bonds. The van der Waals surface area contributed by atoms with E-state index in [1.807, 2.05) is 60.7 Å². The number of hydrogen-bond acceptors (Lipinski definition) is 2. The molecule has 0 bridgehead atoms. The zero-order valence-corrected chi connectivity index (χ0v) is 15.6. The molecule has 0 unspecified atom stereocenters. The fourth-order valence-electron chi connectivity index (χ4n) is 3.19. The van der Waals surface area contributed by atoms with Crippen LogP contribution in [0.2, 0.25) is 5.04 Å². The van der Waals surface area contributed by atoms with Gasteiger partial charge in [-0.3, -0.25) is 4.79 Å². The van der Waals surface area contributed by atoms with Gasteiger partial charge in [0.15, 0.2) is 0 Å². The fourth-order valence-corrected chi connectivity index (χ4v) is 6.94. The molecule has 4 heteroatoms. The van der Waals surface area contributed by atoms with Gasteiger partial charge in [0.05, 0.1) is 5.92 Å². The highest BCUT2D eigenvalue weighted by atomic mass is 28.4. The van der Waals surface area contributed by atoms with Crippen LogP contribution in [-0.2, 0) is 4.79 Å². The molecule has 2 rings (SSSR count). The van der Waals surface area contributed by atoms with Crippen LogP contribution in [0.15, 0.2) is 60.7 Å². The van der Waals surface area contributed by atoms with Crippen molar-refractivity contribution in [1.82, 2.24) is 0 Å². The van der Waals surface area contributed by atoms with E-state index in [9.17, 15) is 9.59 Å². The van der Waals surface area contributed by atoms with Gasteiger partial charge >= 0.3 is 5.97 Å². The van der Waals surface area contributed by atoms with Crippen molar-refractivity contribution in [1.29, 1.82) is 0 Å². The van der Waals surface area contributed by atoms with Crippen LogP contribution < -0.4 is 10.4 Å². The average molecular weight is 343 g/mol. The van der Waals surface area contributed by atoms with E-state index in [1.165, 1.54) is 0 Å². The van der Waals surface area contributed by atoms with Gasteiger partial charge in [0, 0.05) is 0 Å². The Morgan fingerprint density at radius 3 is 1.79 bits per heavy atom. The summed E-state index contributed by atoms with van der Waals surface area (Å²) in [7, 11) is -3.02. The van der Waals surface area contributed by atoms with E-state index in [2.05, 4.69) is 13.8 Å². The first-order valence-electron chi connectivity index (χ1n) is 8.35. The van der Waals surface area contributed by atoms with Gasteiger partial charge in [-0.25, -0.2) is 0 Å². The summed E-state index contributed by atoms with van der Waals surface area (Å²) in [4.78, 5) is 23.1. The number of carboxylic acids is 1. The second-order valence-electron chi connectivity index (χ2n) is 7.10. The Morgan fingerprint density at radius 2 is 1.42 bits per heavy atom. The predicted octanol–water partition coefficient (Wildman–Crippen LogP) is 3.02. The van der Waals surface area contributed by atoms with Crippen LogP contribution in [0.3, 0.4) is 0 Å². The molecule has 0 fully saturated rings. The smallest absolute Gasteiger partial charge is 0.306 e. The molecule has 2 aromatic carbocycles. The minimum Gasteiger partial charge on any atom is -0.481 e. The number of carbonyl (C=O) groups is 1. The molecule has 2 aromatic rings. The van der Waals surface area contributed by atoms with E-state index in [0.29, 0.717) is 12.8 Å². The highest BCUT2D eigenvalue weighted by Crippen LogP contribution is 2.40. The minimum atomic E-state index is -3.02. The van der Waals surface area contributed by atoms with Gasteiger partial charge in [0.1, 0.15) is 0 Å². The second kappa shape index (κ2) is 7.32. The maximum absolute atomic E-state index is 11.9. The quantitative estimate of drug-likeness (QED) is 0.761. The van der Waals surface area contributed by atoms with E-state index in [1.54, 1.807) is 6.92 Å². The van der Waals surface area contributed by atoms with Crippen LogP contribution in [0, 0.1) is 5.92 Å². The fraction of sp³-hybridized carbons (Fsp3) is 0.350. The summed E-state index contributed by atoms with van der Waals surface area (Å²) in [6, 6.07) is 19.6. The second-order valence-corrected chi connectivity index (χ2v) is 11.0. The summed E-state index contributed by atoms with van der Waals surface area (Å²) < 4.78 is 0. The molecule has 0 saturated carbocycles. The molecule has 1 atom stereocenters. The molecule has 0 spiro atoms. The molecule has 3 nitrogen and oxygen atoms in total. The molecule has 0 aliphatic rings. The van der Waals surface area contributed by atoms with Gasteiger partial charge in [-0.1, -0.05) is 81.4 Å². The SMILES string of the molecule is C[C@H](CCC(C)(C)[Si](O)(c1ccccc1)c1ccccc1)C(=O)O. The Kier molecular flexibility index (Phi) is 5.62. The van der Waals surface area contributed by atoms with Gasteiger partial charge in [0.2, 0.25) is 0 Å². The van der Waals surface area contributed by atoms with Crippen molar-refractivity contribution in [3.05, 3.63) is 60.7 Å². The van der Waals surface area contributed by atoms with Crippen LogP contribution in [0.5, 0.6) is 0 Å². The number of rotatable bonds is 7. The lowest BCUT2D eigenvalue weighted by molar-refractivity contribution is -0.141. The maximum atomic E-state index is 11.9. The Bertz CT molecular complexity index is 628. The van der Waals surface area contributed by atoms with E-state index in [4.69, 9.17) is 5.11 Å². The zero-order chi connectivity index (χ0) is 17.8. The number of benzene rings is 2. The van der Waals surface area contributed by atoms with Gasteiger partial charge in [-0.05, 0) is 28.3 Å². The number of carboxylic acid groups (broad SMARTS) is 1. The first-order valence-corrected chi connectivity index (χ1v) is 10.3. The Balaban J connectivity index is 2.44. The largest absolute Gasteiger partial charge is 0.481 e. The van der Waals surface area contributed by atoms with Crippen LogP contribution in [0.4, 0.5) is 0 Å². The molecule has 0 aliphatic carbocycles. The number of aliphatic carboxylic acids is 1. The molecule has 0 saturated heterocycles. The molecule has 128 valence electrons. The van der Waals surface area contributed by atoms with E-state index in [0.717, 1.165) is 10.4 Å². The normalized spacial score (nSPS) is 13.5. The van der Waals surface area contributed by atoms with Crippen molar-refractivity contribution in [3.63, 3.8) is 0 Å². The summed E-state index contributed by atoms with van der Waals surface area (Å²) in [5.41, 5.74) is 0. The molecule has 0 heterocycles. The third kappa shape index (κ3) is 3.60. The van der Waals surface area contributed by atoms with Crippen LogP contribution in [0.25, 0.3) is 0 Å². The zero-order valence-electron chi connectivity index (χ0n) is 14.6. The highest BCUT2D eigenvalue weighted by Gasteiger charge is 2.49. The third-order valence-electron chi connectivity index (χ3n) is 4.99. The monoisotopic (exact) mass is 342 g/mol. The van der Waals surface area contributed by atoms with Crippen molar-refractivity contribution in [2.45, 2.75) is 38.7 Å². The molecular weight excluding hydrogens is 316 g/mol. The molecule has 24 heavy (non-hydrogen) atoms.